The first-order chi connectivity index (χ1) is 17.6. The number of hydrogen-bond acceptors (Lipinski definition) is 5. The molecular formula is C27H30BrN3O5S. The fourth-order valence-corrected chi connectivity index (χ4v) is 5.02. The van der Waals surface area contributed by atoms with Gasteiger partial charge in [-0.05, 0) is 47.5 Å². The molecule has 3 aromatic carbocycles. The van der Waals surface area contributed by atoms with Crippen molar-refractivity contribution in [2.45, 2.75) is 19.0 Å². The maximum absolute atomic E-state index is 13.9. The molecule has 0 aliphatic carbocycles. The number of rotatable bonds is 11. The van der Waals surface area contributed by atoms with Crippen molar-refractivity contribution in [3.63, 3.8) is 0 Å². The normalized spacial score (nSPS) is 11.9. The summed E-state index contributed by atoms with van der Waals surface area (Å²) in [5.41, 5.74) is 1.96. The molecule has 1 atom stereocenters. The summed E-state index contributed by atoms with van der Waals surface area (Å²) in [5.74, 6) is -0.257. The van der Waals surface area contributed by atoms with Crippen molar-refractivity contribution in [1.29, 1.82) is 0 Å². The molecule has 0 radical (unpaired) electrons. The zero-order valence-electron chi connectivity index (χ0n) is 20.9. The first kappa shape index (κ1) is 28.2. The van der Waals surface area contributed by atoms with E-state index in [1.165, 1.54) is 11.9 Å². The van der Waals surface area contributed by atoms with Gasteiger partial charge in [-0.1, -0.05) is 58.4 Å². The van der Waals surface area contributed by atoms with Gasteiger partial charge in [-0.15, -0.1) is 0 Å². The average Bonchev–Trinajstić information content (AvgIpc) is 2.89. The van der Waals surface area contributed by atoms with Gasteiger partial charge in [0.25, 0.3) is 0 Å². The zero-order chi connectivity index (χ0) is 27.0. The van der Waals surface area contributed by atoms with Crippen LogP contribution in [0, 0.1) is 0 Å². The van der Waals surface area contributed by atoms with Crippen LogP contribution in [0.4, 0.5) is 5.69 Å². The molecule has 0 aliphatic heterocycles. The van der Waals surface area contributed by atoms with Crippen molar-refractivity contribution < 1.29 is 22.7 Å². The molecule has 2 amide bonds. The minimum atomic E-state index is -3.80. The first-order valence-corrected chi connectivity index (χ1v) is 14.2. The molecule has 3 aromatic rings. The number of benzene rings is 3. The molecule has 0 saturated carbocycles. The van der Waals surface area contributed by atoms with Crippen LogP contribution in [0.25, 0.3) is 0 Å². The fraction of sp³-hybridized carbons (Fsp3) is 0.259. The number of amides is 2. The summed E-state index contributed by atoms with van der Waals surface area (Å²) in [4.78, 5) is 28.4. The highest BCUT2D eigenvalue weighted by Crippen LogP contribution is 2.23. The molecule has 0 bridgehead atoms. The minimum Gasteiger partial charge on any atom is -0.497 e. The van der Waals surface area contributed by atoms with Gasteiger partial charge in [-0.25, -0.2) is 8.42 Å². The fourth-order valence-electron chi connectivity index (χ4n) is 3.91. The summed E-state index contributed by atoms with van der Waals surface area (Å²) >= 11 is 3.34. The topological polar surface area (TPSA) is 96.0 Å². The highest BCUT2D eigenvalue weighted by molar-refractivity contribution is 9.10. The maximum atomic E-state index is 13.9. The lowest BCUT2D eigenvalue weighted by atomic mass is 10.0. The van der Waals surface area contributed by atoms with Crippen LogP contribution in [0.2, 0.25) is 0 Å². The third-order valence-electron chi connectivity index (χ3n) is 5.80. The van der Waals surface area contributed by atoms with Crippen molar-refractivity contribution >= 4 is 43.5 Å². The van der Waals surface area contributed by atoms with Crippen LogP contribution in [-0.4, -0.2) is 58.1 Å². The Hall–Kier alpha value is -3.37. The van der Waals surface area contributed by atoms with Crippen LogP contribution in [0.5, 0.6) is 5.75 Å². The first-order valence-electron chi connectivity index (χ1n) is 11.5. The largest absolute Gasteiger partial charge is 0.497 e. The average molecular weight is 589 g/mol. The van der Waals surface area contributed by atoms with E-state index in [-0.39, 0.29) is 18.9 Å². The quantitative estimate of drug-likeness (QED) is 0.370. The molecule has 0 aromatic heterocycles. The second-order valence-corrected chi connectivity index (χ2v) is 11.3. The minimum absolute atomic E-state index is 0.0822. The molecule has 0 fully saturated rings. The molecule has 10 heteroatoms. The van der Waals surface area contributed by atoms with Gasteiger partial charge in [0.2, 0.25) is 21.8 Å². The van der Waals surface area contributed by atoms with E-state index in [4.69, 9.17) is 4.74 Å². The predicted octanol–water partition coefficient (Wildman–Crippen LogP) is 3.61. The molecule has 196 valence electrons. The molecule has 8 nitrogen and oxygen atoms in total. The number of anilines is 1. The molecule has 0 unspecified atom stereocenters. The number of hydrogen-bond donors (Lipinski definition) is 1. The Labute approximate surface area is 226 Å². The van der Waals surface area contributed by atoms with Gasteiger partial charge >= 0.3 is 0 Å². The standard InChI is InChI=1S/C27H30BrN3O5S/c1-29-27(33)25(17-20-8-5-4-6-9-20)30(18-21-10-7-11-24(16-21)36-2)26(32)19-31(37(3,34)35)23-14-12-22(28)13-15-23/h4-16,25H,17-19H2,1-3H3,(H,29,33)/t25-/m0/s1. The summed E-state index contributed by atoms with van der Waals surface area (Å²) in [6, 6.07) is 22.3. The van der Waals surface area contributed by atoms with Crippen molar-refractivity contribution in [3.05, 3.63) is 94.5 Å². The van der Waals surface area contributed by atoms with E-state index in [0.29, 0.717) is 11.4 Å². The molecule has 0 heterocycles. The molecule has 37 heavy (non-hydrogen) atoms. The predicted molar refractivity (Wildman–Crippen MR) is 148 cm³/mol. The highest BCUT2D eigenvalue weighted by atomic mass is 79.9. The molecular weight excluding hydrogens is 558 g/mol. The summed E-state index contributed by atoms with van der Waals surface area (Å²) in [6.45, 7) is -0.383. The Morgan fingerprint density at radius 1 is 0.973 bits per heavy atom. The number of carbonyl (C=O) groups is 2. The maximum Gasteiger partial charge on any atom is 0.244 e. The van der Waals surface area contributed by atoms with E-state index < -0.39 is 28.5 Å². The number of nitrogens with zero attached hydrogens (tertiary/aromatic N) is 2. The van der Waals surface area contributed by atoms with Crippen LogP contribution in [0.15, 0.2) is 83.3 Å². The van der Waals surface area contributed by atoms with Crippen LogP contribution >= 0.6 is 15.9 Å². The zero-order valence-corrected chi connectivity index (χ0v) is 23.3. The molecule has 0 spiro atoms. The lowest BCUT2D eigenvalue weighted by Crippen LogP contribution is -2.52. The van der Waals surface area contributed by atoms with Crippen LogP contribution in [0.3, 0.4) is 0 Å². The van der Waals surface area contributed by atoms with Gasteiger partial charge in [0.05, 0.1) is 19.1 Å². The van der Waals surface area contributed by atoms with E-state index in [9.17, 15) is 18.0 Å². The Morgan fingerprint density at radius 2 is 1.62 bits per heavy atom. The lowest BCUT2D eigenvalue weighted by molar-refractivity contribution is -0.139. The summed E-state index contributed by atoms with van der Waals surface area (Å²) < 4.78 is 32.6. The monoisotopic (exact) mass is 587 g/mol. The Kier molecular flexibility index (Phi) is 9.71. The van der Waals surface area contributed by atoms with E-state index >= 15 is 0 Å². The molecule has 0 aliphatic rings. The number of ether oxygens (including phenoxy) is 1. The highest BCUT2D eigenvalue weighted by Gasteiger charge is 2.32. The second kappa shape index (κ2) is 12.7. The summed E-state index contributed by atoms with van der Waals surface area (Å²) in [5, 5.41) is 2.66. The van der Waals surface area contributed by atoms with Gasteiger partial charge in [-0.2, -0.15) is 0 Å². The van der Waals surface area contributed by atoms with Crippen molar-refractivity contribution in [3.8, 4) is 5.75 Å². The second-order valence-electron chi connectivity index (χ2n) is 8.44. The van der Waals surface area contributed by atoms with E-state index in [2.05, 4.69) is 21.2 Å². The number of sulfonamides is 1. The number of halogens is 1. The van der Waals surface area contributed by atoms with Crippen molar-refractivity contribution in [2.75, 3.05) is 31.3 Å². The molecule has 1 N–H and O–H groups in total. The SMILES string of the molecule is CNC(=O)[C@H](Cc1ccccc1)N(Cc1cccc(OC)c1)C(=O)CN(c1ccc(Br)cc1)S(C)(=O)=O. The number of nitrogens with one attached hydrogen (secondary N) is 1. The Morgan fingerprint density at radius 3 is 2.22 bits per heavy atom. The van der Waals surface area contributed by atoms with E-state index in [1.807, 2.05) is 36.4 Å². The third-order valence-corrected chi connectivity index (χ3v) is 7.47. The molecule has 0 saturated heterocycles. The Balaban J connectivity index is 2.02. The van der Waals surface area contributed by atoms with Crippen molar-refractivity contribution in [1.82, 2.24) is 10.2 Å². The van der Waals surface area contributed by atoms with Gasteiger partial charge in [0.1, 0.15) is 18.3 Å². The number of likely N-dealkylation sites (N-methyl/N-ethyl adjacent to an activating group) is 1. The van der Waals surface area contributed by atoms with Gasteiger partial charge in [0.15, 0.2) is 0 Å². The van der Waals surface area contributed by atoms with Crippen LogP contribution < -0.4 is 14.4 Å². The van der Waals surface area contributed by atoms with Crippen LogP contribution in [-0.2, 0) is 32.6 Å². The van der Waals surface area contributed by atoms with Gasteiger partial charge in [-0.3, -0.25) is 13.9 Å². The van der Waals surface area contributed by atoms with E-state index in [0.717, 1.165) is 26.2 Å². The van der Waals surface area contributed by atoms with Crippen molar-refractivity contribution in [2.24, 2.45) is 0 Å². The summed E-state index contributed by atoms with van der Waals surface area (Å²) in [7, 11) is -0.742. The van der Waals surface area contributed by atoms with Crippen LogP contribution in [0.1, 0.15) is 11.1 Å². The Bertz CT molecular complexity index is 1320. The van der Waals surface area contributed by atoms with Gasteiger partial charge < -0.3 is 15.0 Å². The third kappa shape index (κ3) is 7.80. The van der Waals surface area contributed by atoms with Gasteiger partial charge in [0, 0.05) is 24.5 Å². The number of methoxy groups -OCH3 is 1. The number of carbonyl (C=O) groups excluding carboxylic acids is 2. The van der Waals surface area contributed by atoms with E-state index in [1.54, 1.807) is 49.6 Å². The lowest BCUT2D eigenvalue weighted by Gasteiger charge is -2.33. The molecule has 3 rings (SSSR count). The smallest absolute Gasteiger partial charge is 0.244 e. The summed E-state index contributed by atoms with van der Waals surface area (Å²) in [6.07, 6.45) is 1.31.